The number of benzene rings is 1. The number of aromatic hydroxyl groups is 1. The molecular formula is C13H16BrNO4. The van der Waals surface area contributed by atoms with Gasteiger partial charge in [0.05, 0.1) is 12.7 Å². The second kappa shape index (κ2) is 6.56. The Morgan fingerprint density at radius 3 is 2.53 bits per heavy atom. The monoisotopic (exact) mass is 329 g/mol. The van der Waals surface area contributed by atoms with Crippen molar-refractivity contribution in [3.05, 3.63) is 28.2 Å². The first kappa shape index (κ1) is 15.5. The van der Waals surface area contributed by atoms with Gasteiger partial charge in [-0.05, 0) is 24.1 Å². The molecule has 0 aliphatic carbocycles. The van der Waals surface area contributed by atoms with Gasteiger partial charge in [0.2, 0.25) is 0 Å². The molecule has 0 aliphatic rings. The number of hydrogen-bond acceptors (Lipinski definition) is 4. The van der Waals surface area contributed by atoms with Crippen molar-refractivity contribution in [3.63, 3.8) is 0 Å². The molecule has 1 aromatic rings. The lowest BCUT2D eigenvalue weighted by Crippen LogP contribution is -2.45. The van der Waals surface area contributed by atoms with E-state index in [0.717, 1.165) is 0 Å². The number of esters is 1. The first-order chi connectivity index (χ1) is 8.86. The summed E-state index contributed by atoms with van der Waals surface area (Å²) in [5.41, 5.74) is 0.101. The molecule has 19 heavy (non-hydrogen) atoms. The SMILES string of the molecule is COC(=O)C(NC(=O)c1cc(Br)ccc1O)C(C)C. The molecule has 0 spiro atoms. The molecule has 0 fully saturated rings. The molecule has 0 aliphatic heterocycles. The summed E-state index contributed by atoms with van der Waals surface area (Å²) in [6.45, 7) is 3.59. The quantitative estimate of drug-likeness (QED) is 0.829. The van der Waals surface area contributed by atoms with Gasteiger partial charge in [-0.3, -0.25) is 4.79 Å². The summed E-state index contributed by atoms with van der Waals surface area (Å²) >= 11 is 3.22. The second-order valence-electron chi connectivity index (χ2n) is 4.38. The molecule has 1 rings (SSSR count). The van der Waals surface area contributed by atoms with E-state index in [4.69, 9.17) is 0 Å². The minimum Gasteiger partial charge on any atom is -0.507 e. The maximum Gasteiger partial charge on any atom is 0.328 e. The van der Waals surface area contributed by atoms with Crippen molar-refractivity contribution in [2.75, 3.05) is 7.11 Å². The smallest absolute Gasteiger partial charge is 0.328 e. The largest absolute Gasteiger partial charge is 0.507 e. The number of nitrogens with one attached hydrogen (secondary N) is 1. The third-order valence-electron chi connectivity index (χ3n) is 2.61. The summed E-state index contributed by atoms with van der Waals surface area (Å²) in [5.74, 6) is -1.31. The van der Waals surface area contributed by atoms with Crippen molar-refractivity contribution in [2.24, 2.45) is 5.92 Å². The zero-order valence-electron chi connectivity index (χ0n) is 10.9. The number of carbonyl (C=O) groups is 2. The van der Waals surface area contributed by atoms with Gasteiger partial charge in [-0.15, -0.1) is 0 Å². The predicted molar refractivity (Wildman–Crippen MR) is 73.9 cm³/mol. The van der Waals surface area contributed by atoms with E-state index in [-0.39, 0.29) is 17.2 Å². The van der Waals surface area contributed by atoms with Crippen LogP contribution in [0.25, 0.3) is 0 Å². The lowest BCUT2D eigenvalue weighted by molar-refractivity contribution is -0.144. The zero-order valence-corrected chi connectivity index (χ0v) is 12.5. The van der Waals surface area contributed by atoms with E-state index >= 15 is 0 Å². The van der Waals surface area contributed by atoms with Crippen LogP contribution in [0.1, 0.15) is 24.2 Å². The van der Waals surface area contributed by atoms with Crippen LogP contribution in [0.4, 0.5) is 0 Å². The van der Waals surface area contributed by atoms with Gasteiger partial charge in [0.15, 0.2) is 0 Å². The number of phenols is 1. The molecule has 1 aromatic carbocycles. The van der Waals surface area contributed by atoms with Crippen LogP contribution in [0.5, 0.6) is 5.75 Å². The van der Waals surface area contributed by atoms with E-state index in [1.807, 2.05) is 0 Å². The Morgan fingerprint density at radius 1 is 1.37 bits per heavy atom. The van der Waals surface area contributed by atoms with Gasteiger partial charge in [-0.25, -0.2) is 4.79 Å². The number of carbonyl (C=O) groups excluding carboxylic acids is 2. The molecular weight excluding hydrogens is 314 g/mol. The van der Waals surface area contributed by atoms with Crippen LogP contribution in [0, 0.1) is 5.92 Å². The average molecular weight is 330 g/mol. The minimum absolute atomic E-state index is 0.101. The van der Waals surface area contributed by atoms with Crippen LogP contribution < -0.4 is 5.32 Å². The number of methoxy groups -OCH3 is 1. The van der Waals surface area contributed by atoms with Gasteiger partial charge in [0.25, 0.3) is 5.91 Å². The molecule has 0 heterocycles. The molecule has 5 nitrogen and oxygen atoms in total. The summed E-state index contributed by atoms with van der Waals surface area (Å²) in [6.07, 6.45) is 0. The highest BCUT2D eigenvalue weighted by Gasteiger charge is 2.26. The average Bonchev–Trinajstić information content (AvgIpc) is 2.37. The second-order valence-corrected chi connectivity index (χ2v) is 5.30. The van der Waals surface area contributed by atoms with Crippen LogP contribution >= 0.6 is 15.9 Å². The summed E-state index contributed by atoms with van der Waals surface area (Å²) in [4.78, 5) is 23.6. The highest BCUT2D eigenvalue weighted by molar-refractivity contribution is 9.10. The Bertz CT molecular complexity index is 488. The van der Waals surface area contributed by atoms with Gasteiger partial charge in [-0.1, -0.05) is 29.8 Å². The molecule has 0 aromatic heterocycles. The molecule has 0 saturated carbocycles. The molecule has 1 amide bonds. The Labute approximate surface area is 120 Å². The molecule has 0 saturated heterocycles. The van der Waals surface area contributed by atoms with E-state index in [2.05, 4.69) is 26.0 Å². The first-order valence-electron chi connectivity index (χ1n) is 5.74. The zero-order chi connectivity index (χ0) is 14.6. The molecule has 1 atom stereocenters. The maximum atomic E-state index is 12.1. The summed E-state index contributed by atoms with van der Waals surface area (Å²) in [7, 11) is 1.26. The topological polar surface area (TPSA) is 75.6 Å². The van der Waals surface area contributed by atoms with E-state index in [0.29, 0.717) is 4.47 Å². The lowest BCUT2D eigenvalue weighted by Gasteiger charge is -2.20. The molecule has 1 unspecified atom stereocenters. The molecule has 104 valence electrons. The van der Waals surface area contributed by atoms with Gasteiger partial charge >= 0.3 is 5.97 Å². The predicted octanol–water partition coefficient (Wildman–Crippen LogP) is 2.08. The maximum absolute atomic E-state index is 12.1. The van der Waals surface area contributed by atoms with Crippen molar-refractivity contribution in [1.82, 2.24) is 5.32 Å². The fourth-order valence-corrected chi connectivity index (χ4v) is 1.89. The third kappa shape index (κ3) is 3.96. The summed E-state index contributed by atoms with van der Waals surface area (Å²) < 4.78 is 5.30. The van der Waals surface area contributed by atoms with E-state index in [1.54, 1.807) is 19.9 Å². The van der Waals surface area contributed by atoms with Gasteiger partial charge in [0, 0.05) is 4.47 Å². The van der Waals surface area contributed by atoms with E-state index in [9.17, 15) is 14.7 Å². The van der Waals surface area contributed by atoms with Crippen molar-refractivity contribution < 1.29 is 19.4 Å². The summed E-state index contributed by atoms with van der Waals surface area (Å²) in [5, 5.41) is 12.2. The Balaban J connectivity index is 2.94. The molecule has 0 bridgehead atoms. The fraction of sp³-hybridized carbons (Fsp3) is 0.385. The van der Waals surface area contributed by atoms with Crippen LogP contribution in [0.2, 0.25) is 0 Å². The van der Waals surface area contributed by atoms with E-state index < -0.39 is 17.9 Å². The molecule has 0 radical (unpaired) electrons. The Hall–Kier alpha value is -1.56. The minimum atomic E-state index is -0.754. The van der Waals surface area contributed by atoms with Gasteiger partial charge < -0.3 is 15.2 Å². The number of phenolic OH excluding ortho intramolecular Hbond substituents is 1. The third-order valence-corrected chi connectivity index (χ3v) is 3.10. The summed E-state index contributed by atoms with van der Waals surface area (Å²) in [6, 6.07) is 3.75. The van der Waals surface area contributed by atoms with Gasteiger partial charge in [-0.2, -0.15) is 0 Å². The van der Waals surface area contributed by atoms with Crippen molar-refractivity contribution >= 4 is 27.8 Å². The number of amides is 1. The van der Waals surface area contributed by atoms with Crippen molar-refractivity contribution in [3.8, 4) is 5.75 Å². The van der Waals surface area contributed by atoms with Crippen LogP contribution in [-0.4, -0.2) is 30.1 Å². The van der Waals surface area contributed by atoms with Crippen molar-refractivity contribution in [1.29, 1.82) is 0 Å². The fourth-order valence-electron chi connectivity index (χ4n) is 1.53. The normalized spacial score (nSPS) is 12.1. The highest BCUT2D eigenvalue weighted by Crippen LogP contribution is 2.22. The number of hydrogen-bond donors (Lipinski definition) is 2. The first-order valence-corrected chi connectivity index (χ1v) is 6.53. The number of halogens is 1. The van der Waals surface area contributed by atoms with Crippen LogP contribution in [-0.2, 0) is 9.53 Å². The number of ether oxygens (including phenoxy) is 1. The van der Waals surface area contributed by atoms with Crippen LogP contribution in [0.3, 0.4) is 0 Å². The number of rotatable bonds is 4. The molecule has 2 N–H and O–H groups in total. The van der Waals surface area contributed by atoms with E-state index in [1.165, 1.54) is 19.2 Å². The lowest BCUT2D eigenvalue weighted by atomic mass is 10.0. The Morgan fingerprint density at radius 2 is 2.00 bits per heavy atom. The molecule has 6 heteroatoms. The van der Waals surface area contributed by atoms with Crippen LogP contribution in [0.15, 0.2) is 22.7 Å². The van der Waals surface area contributed by atoms with Crippen molar-refractivity contribution in [2.45, 2.75) is 19.9 Å². The Kier molecular flexibility index (Phi) is 5.35. The highest BCUT2D eigenvalue weighted by atomic mass is 79.9. The standard InChI is InChI=1S/C13H16BrNO4/c1-7(2)11(13(18)19-3)15-12(17)9-6-8(14)4-5-10(9)16/h4-7,11,16H,1-3H3,(H,15,17). The van der Waals surface area contributed by atoms with Gasteiger partial charge in [0.1, 0.15) is 11.8 Å².